The van der Waals surface area contributed by atoms with Crippen LogP contribution in [0.5, 0.6) is 0 Å². The van der Waals surface area contributed by atoms with Crippen LogP contribution in [0.1, 0.15) is 19.3 Å². The van der Waals surface area contributed by atoms with Crippen molar-refractivity contribution in [2.24, 2.45) is 17.8 Å². The first-order valence-electron chi connectivity index (χ1n) is 4.72. The van der Waals surface area contributed by atoms with E-state index in [4.69, 9.17) is 5.11 Å². The Morgan fingerprint density at radius 2 is 2.33 bits per heavy atom. The molecule has 1 aliphatic carbocycles. The molecule has 3 heteroatoms. The minimum atomic E-state index is -0.592. The van der Waals surface area contributed by atoms with Crippen molar-refractivity contribution in [3.63, 3.8) is 0 Å². The molecule has 1 saturated carbocycles. The van der Waals surface area contributed by atoms with E-state index in [2.05, 4.69) is 5.32 Å². The summed E-state index contributed by atoms with van der Waals surface area (Å²) in [5, 5.41) is 12.1. The molecular formula is C9H15NO2. The highest BCUT2D eigenvalue weighted by molar-refractivity contribution is 5.73. The van der Waals surface area contributed by atoms with Gasteiger partial charge in [-0.25, -0.2) is 0 Å². The fraction of sp³-hybridized carbons (Fsp3) is 0.889. The van der Waals surface area contributed by atoms with Gasteiger partial charge in [-0.1, -0.05) is 0 Å². The van der Waals surface area contributed by atoms with E-state index in [0.29, 0.717) is 11.8 Å². The minimum Gasteiger partial charge on any atom is -0.481 e. The quantitative estimate of drug-likeness (QED) is 0.640. The van der Waals surface area contributed by atoms with Gasteiger partial charge in [-0.3, -0.25) is 4.79 Å². The number of nitrogens with one attached hydrogen (secondary N) is 1. The van der Waals surface area contributed by atoms with E-state index < -0.39 is 5.97 Å². The fourth-order valence-corrected chi connectivity index (χ4v) is 2.26. The molecule has 0 spiro atoms. The second kappa shape index (κ2) is 3.05. The molecule has 12 heavy (non-hydrogen) atoms. The Labute approximate surface area is 72.2 Å². The Bertz CT molecular complexity index is 187. The third-order valence-corrected chi connectivity index (χ3v) is 3.10. The first kappa shape index (κ1) is 8.05. The SMILES string of the molecule is O=C(O)[C@H]1C[C@@H]1C1CCCNC1. The summed E-state index contributed by atoms with van der Waals surface area (Å²) >= 11 is 0. The van der Waals surface area contributed by atoms with Crippen molar-refractivity contribution in [3.8, 4) is 0 Å². The van der Waals surface area contributed by atoms with Gasteiger partial charge in [0, 0.05) is 0 Å². The summed E-state index contributed by atoms with van der Waals surface area (Å²) in [7, 11) is 0. The molecule has 0 aromatic rings. The third-order valence-electron chi connectivity index (χ3n) is 3.10. The molecule has 1 aliphatic heterocycles. The smallest absolute Gasteiger partial charge is 0.306 e. The molecule has 0 radical (unpaired) electrons. The van der Waals surface area contributed by atoms with Crippen LogP contribution in [0.2, 0.25) is 0 Å². The van der Waals surface area contributed by atoms with Gasteiger partial charge in [-0.2, -0.15) is 0 Å². The van der Waals surface area contributed by atoms with Crippen LogP contribution in [0.4, 0.5) is 0 Å². The first-order chi connectivity index (χ1) is 5.79. The zero-order valence-electron chi connectivity index (χ0n) is 7.12. The molecule has 0 bridgehead atoms. The predicted octanol–water partition coefficient (Wildman–Crippen LogP) is 0.707. The molecule has 0 amide bonds. The number of hydrogen-bond acceptors (Lipinski definition) is 2. The molecule has 1 saturated heterocycles. The van der Waals surface area contributed by atoms with Crippen LogP contribution in [0.3, 0.4) is 0 Å². The topological polar surface area (TPSA) is 49.3 Å². The average Bonchev–Trinajstić information content (AvgIpc) is 2.84. The number of piperidine rings is 1. The summed E-state index contributed by atoms with van der Waals surface area (Å²) < 4.78 is 0. The molecule has 2 N–H and O–H groups in total. The molecule has 2 fully saturated rings. The van der Waals surface area contributed by atoms with E-state index in [0.717, 1.165) is 19.5 Å². The zero-order valence-corrected chi connectivity index (χ0v) is 7.12. The Morgan fingerprint density at radius 3 is 2.83 bits per heavy atom. The van der Waals surface area contributed by atoms with Crippen LogP contribution < -0.4 is 5.32 Å². The van der Waals surface area contributed by atoms with Crippen LogP contribution in [-0.2, 0) is 4.79 Å². The van der Waals surface area contributed by atoms with Crippen molar-refractivity contribution in [2.75, 3.05) is 13.1 Å². The molecule has 1 heterocycles. The van der Waals surface area contributed by atoms with E-state index >= 15 is 0 Å². The highest BCUT2D eigenvalue weighted by Gasteiger charge is 2.47. The van der Waals surface area contributed by atoms with Crippen molar-refractivity contribution in [1.29, 1.82) is 0 Å². The van der Waals surface area contributed by atoms with Gasteiger partial charge in [0.15, 0.2) is 0 Å². The van der Waals surface area contributed by atoms with Gasteiger partial charge >= 0.3 is 5.97 Å². The predicted molar refractivity (Wildman–Crippen MR) is 44.8 cm³/mol. The summed E-state index contributed by atoms with van der Waals surface area (Å²) in [6.07, 6.45) is 3.36. The highest BCUT2D eigenvalue weighted by Crippen LogP contribution is 2.46. The molecule has 1 unspecified atom stereocenters. The number of carboxylic acid groups (broad SMARTS) is 1. The molecule has 2 rings (SSSR count). The van der Waals surface area contributed by atoms with Crippen LogP contribution in [0, 0.1) is 17.8 Å². The van der Waals surface area contributed by atoms with Crippen molar-refractivity contribution in [3.05, 3.63) is 0 Å². The van der Waals surface area contributed by atoms with Crippen molar-refractivity contribution < 1.29 is 9.90 Å². The van der Waals surface area contributed by atoms with Crippen LogP contribution in [0.15, 0.2) is 0 Å². The normalized spacial score (nSPS) is 40.8. The Kier molecular flexibility index (Phi) is 2.05. The average molecular weight is 169 g/mol. The lowest BCUT2D eigenvalue weighted by Gasteiger charge is -2.22. The Balaban J connectivity index is 1.83. The first-order valence-corrected chi connectivity index (χ1v) is 4.72. The maximum atomic E-state index is 10.6. The van der Waals surface area contributed by atoms with Gasteiger partial charge in [-0.15, -0.1) is 0 Å². The van der Waals surface area contributed by atoms with E-state index in [1.807, 2.05) is 0 Å². The standard InChI is InChI=1S/C9H15NO2/c11-9(12)8-4-7(8)6-2-1-3-10-5-6/h6-8,10H,1-5H2,(H,11,12)/t6?,7-,8+/m1/s1. The van der Waals surface area contributed by atoms with Crippen LogP contribution in [-0.4, -0.2) is 24.2 Å². The second-order valence-electron chi connectivity index (χ2n) is 3.95. The molecule has 0 aromatic carbocycles. The summed E-state index contributed by atoms with van der Waals surface area (Å²) in [4.78, 5) is 10.6. The van der Waals surface area contributed by atoms with Crippen molar-refractivity contribution in [2.45, 2.75) is 19.3 Å². The van der Waals surface area contributed by atoms with Gasteiger partial charge < -0.3 is 10.4 Å². The monoisotopic (exact) mass is 169 g/mol. The number of rotatable bonds is 2. The zero-order chi connectivity index (χ0) is 8.55. The van der Waals surface area contributed by atoms with Gasteiger partial charge in [0.25, 0.3) is 0 Å². The van der Waals surface area contributed by atoms with Gasteiger partial charge in [-0.05, 0) is 44.2 Å². The van der Waals surface area contributed by atoms with Gasteiger partial charge in [0.05, 0.1) is 5.92 Å². The molecule has 3 atom stereocenters. The lowest BCUT2D eigenvalue weighted by atomic mass is 9.93. The maximum absolute atomic E-state index is 10.6. The molecule has 0 aromatic heterocycles. The van der Waals surface area contributed by atoms with Gasteiger partial charge in [0.1, 0.15) is 0 Å². The van der Waals surface area contributed by atoms with E-state index in [-0.39, 0.29) is 5.92 Å². The summed E-state index contributed by atoms with van der Waals surface area (Å²) in [6.45, 7) is 2.15. The lowest BCUT2D eigenvalue weighted by Crippen LogP contribution is -2.31. The number of hydrogen-bond donors (Lipinski definition) is 2. The summed E-state index contributed by atoms with van der Waals surface area (Å²) in [6, 6.07) is 0. The third kappa shape index (κ3) is 1.46. The largest absolute Gasteiger partial charge is 0.481 e. The lowest BCUT2D eigenvalue weighted by molar-refractivity contribution is -0.139. The van der Waals surface area contributed by atoms with Crippen molar-refractivity contribution >= 4 is 5.97 Å². The maximum Gasteiger partial charge on any atom is 0.306 e. The molecular weight excluding hydrogens is 154 g/mol. The van der Waals surface area contributed by atoms with E-state index in [9.17, 15) is 4.79 Å². The Hall–Kier alpha value is -0.570. The molecule has 3 nitrogen and oxygen atoms in total. The minimum absolute atomic E-state index is 0.0186. The Morgan fingerprint density at radius 1 is 1.50 bits per heavy atom. The number of carboxylic acids is 1. The molecule has 68 valence electrons. The second-order valence-corrected chi connectivity index (χ2v) is 3.95. The number of aliphatic carboxylic acids is 1. The van der Waals surface area contributed by atoms with Crippen LogP contribution >= 0.6 is 0 Å². The van der Waals surface area contributed by atoms with E-state index in [1.165, 1.54) is 12.8 Å². The van der Waals surface area contributed by atoms with Gasteiger partial charge in [0.2, 0.25) is 0 Å². The van der Waals surface area contributed by atoms with E-state index in [1.54, 1.807) is 0 Å². The summed E-state index contributed by atoms with van der Waals surface area (Å²) in [5.74, 6) is 0.510. The molecule has 2 aliphatic rings. The van der Waals surface area contributed by atoms with Crippen LogP contribution in [0.25, 0.3) is 0 Å². The number of carbonyl (C=O) groups is 1. The highest BCUT2D eigenvalue weighted by atomic mass is 16.4. The van der Waals surface area contributed by atoms with Crippen molar-refractivity contribution in [1.82, 2.24) is 5.32 Å². The summed E-state index contributed by atoms with van der Waals surface area (Å²) in [5.41, 5.74) is 0. The fourth-order valence-electron chi connectivity index (χ4n) is 2.26.